The van der Waals surface area contributed by atoms with Gasteiger partial charge in [0.1, 0.15) is 5.76 Å². The first-order valence-electron chi connectivity index (χ1n) is 6.25. The van der Waals surface area contributed by atoms with Gasteiger partial charge in [0.2, 0.25) is 0 Å². The molecule has 0 aliphatic heterocycles. The van der Waals surface area contributed by atoms with Crippen LogP contribution < -0.4 is 5.32 Å². The Balaban J connectivity index is 1.84. The van der Waals surface area contributed by atoms with Crippen molar-refractivity contribution in [2.45, 2.75) is 32.9 Å². The summed E-state index contributed by atoms with van der Waals surface area (Å²) >= 11 is 0. The van der Waals surface area contributed by atoms with Gasteiger partial charge in [0, 0.05) is 18.7 Å². The van der Waals surface area contributed by atoms with E-state index in [4.69, 9.17) is 4.42 Å². The Hall–Kier alpha value is -0.800. The molecule has 0 radical (unpaired) electrons. The molecule has 2 rings (SSSR count). The lowest BCUT2D eigenvalue weighted by Gasteiger charge is -2.18. The van der Waals surface area contributed by atoms with Gasteiger partial charge in [0.25, 0.3) is 0 Å². The summed E-state index contributed by atoms with van der Waals surface area (Å²) in [7, 11) is 1.96. The molecule has 1 aliphatic rings. The van der Waals surface area contributed by atoms with Crippen LogP contribution in [0, 0.1) is 5.92 Å². The van der Waals surface area contributed by atoms with E-state index in [0.717, 1.165) is 31.3 Å². The van der Waals surface area contributed by atoms with Gasteiger partial charge < -0.3 is 9.73 Å². The number of hydrogen-bond donors (Lipinski definition) is 1. The molecule has 0 aromatic carbocycles. The van der Waals surface area contributed by atoms with Crippen molar-refractivity contribution >= 4 is 0 Å². The molecule has 0 bridgehead atoms. The van der Waals surface area contributed by atoms with Crippen LogP contribution in [0.2, 0.25) is 0 Å². The summed E-state index contributed by atoms with van der Waals surface area (Å²) in [6.45, 7) is 6.41. The van der Waals surface area contributed by atoms with Crippen LogP contribution in [0.3, 0.4) is 0 Å². The van der Waals surface area contributed by atoms with Crippen molar-refractivity contribution in [2.24, 2.45) is 5.92 Å². The van der Waals surface area contributed by atoms with E-state index in [1.807, 2.05) is 13.3 Å². The molecule has 1 heterocycles. The lowest BCUT2D eigenvalue weighted by Crippen LogP contribution is -2.24. The Morgan fingerprint density at radius 1 is 1.50 bits per heavy atom. The number of hydrogen-bond acceptors (Lipinski definition) is 3. The molecule has 0 atom stereocenters. The van der Waals surface area contributed by atoms with E-state index in [1.54, 1.807) is 0 Å². The van der Waals surface area contributed by atoms with Gasteiger partial charge in [0.15, 0.2) is 0 Å². The lowest BCUT2D eigenvalue weighted by molar-refractivity contribution is 0.246. The average molecular weight is 222 g/mol. The van der Waals surface area contributed by atoms with E-state index in [9.17, 15) is 0 Å². The average Bonchev–Trinajstić information content (AvgIpc) is 2.99. The molecule has 0 unspecified atom stereocenters. The van der Waals surface area contributed by atoms with Gasteiger partial charge in [0.05, 0.1) is 12.8 Å². The molecule has 0 amide bonds. The molecule has 90 valence electrons. The minimum atomic E-state index is 0.887. The van der Waals surface area contributed by atoms with Gasteiger partial charge in [-0.3, -0.25) is 4.90 Å². The predicted molar refractivity (Wildman–Crippen MR) is 65.1 cm³/mol. The van der Waals surface area contributed by atoms with E-state index in [1.165, 1.54) is 24.9 Å². The fourth-order valence-electron chi connectivity index (χ4n) is 2.00. The summed E-state index contributed by atoms with van der Waals surface area (Å²) in [5.74, 6) is 2.04. The van der Waals surface area contributed by atoms with Gasteiger partial charge in [-0.25, -0.2) is 0 Å². The van der Waals surface area contributed by atoms with Crippen LogP contribution in [-0.4, -0.2) is 25.0 Å². The lowest BCUT2D eigenvalue weighted by atomic mass is 10.3. The number of nitrogens with zero attached hydrogens (tertiary/aromatic N) is 1. The zero-order valence-corrected chi connectivity index (χ0v) is 10.3. The van der Waals surface area contributed by atoms with E-state index in [-0.39, 0.29) is 0 Å². The second-order valence-corrected chi connectivity index (χ2v) is 4.72. The van der Waals surface area contributed by atoms with Crippen molar-refractivity contribution < 1.29 is 4.42 Å². The quantitative estimate of drug-likeness (QED) is 0.767. The smallest absolute Gasteiger partial charge is 0.118 e. The highest BCUT2D eigenvalue weighted by Crippen LogP contribution is 2.30. The standard InChI is InChI=1S/C13H22N2O/c1-3-15(8-11-4-5-11)9-13-6-12(7-14-2)10-16-13/h6,10-11,14H,3-5,7-9H2,1-2H3. The molecule has 1 N–H and O–H groups in total. The van der Waals surface area contributed by atoms with Gasteiger partial charge in [-0.1, -0.05) is 6.92 Å². The minimum absolute atomic E-state index is 0.887. The first-order chi connectivity index (χ1) is 7.81. The maximum absolute atomic E-state index is 5.57. The second-order valence-electron chi connectivity index (χ2n) is 4.72. The molecule has 16 heavy (non-hydrogen) atoms. The summed E-state index contributed by atoms with van der Waals surface area (Å²) in [6.07, 6.45) is 4.69. The third-order valence-corrected chi connectivity index (χ3v) is 3.13. The van der Waals surface area contributed by atoms with E-state index in [2.05, 4.69) is 23.2 Å². The highest BCUT2D eigenvalue weighted by molar-refractivity contribution is 5.12. The first-order valence-corrected chi connectivity index (χ1v) is 6.25. The van der Waals surface area contributed by atoms with Crippen molar-refractivity contribution in [3.05, 3.63) is 23.7 Å². The third-order valence-electron chi connectivity index (χ3n) is 3.13. The molecular weight excluding hydrogens is 200 g/mol. The van der Waals surface area contributed by atoms with Crippen LogP contribution in [0.25, 0.3) is 0 Å². The highest BCUT2D eigenvalue weighted by atomic mass is 16.3. The topological polar surface area (TPSA) is 28.4 Å². The van der Waals surface area contributed by atoms with Gasteiger partial charge >= 0.3 is 0 Å². The zero-order chi connectivity index (χ0) is 11.4. The van der Waals surface area contributed by atoms with Crippen molar-refractivity contribution in [3.8, 4) is 0 Å². The highest BCUT2D eigenvalue weighted by Gasteiger charge is 2.23. The van der Waals surface area contributed by atoms with Crippen molar-refractivity contribution in [1.29, 1.82) is 0 Å². The Bertz CT molecular complexity index is 317. The van der Waals surface area contributed by atoms with Crippen molar-refractivity contribution in [1.82, 2.24) is 10.2 Å². The molecule has 1 aliphatic carbocycles. The summed E-state index contributed by atoms with van der Waals surface area (Å²) in [5, 5.41) is 3.13. The maximum atomic E-state index is 5.57. The van der Waals surface area contributed by atoms with Crippen LogP contribution in [0.1, 0.15) is 31.1 Å². The van der Waals surface area contributed by atoms with Crippen LogP contribution in [0.5, 0.6) is 0 Å². The molecule has 0 saturated heterocycles. The molecule has 1 aromatic rings. The fourth-order valence-corrected chi connectivity index (χ4v) is 2.00. The molecule has 3 nitrogen and oxygen atoms in total. The Morgan fingerprint density at radius 3 is 2.94 bits per heavy atom. The second kappa shape index (κ2) is 5.51. The minimum Gasteiger partial charge on any atom is -0.468 e. The first kappa shape index (κ1) is 11.7. The molecular formula is C13H22N2O. The fraction of sp³-hybridized carbons (Fsp3) is 0.692. The van der Waals surface area contributed by atoms with E-state index in [0.29, 0.717) is 0 Å². The summed E-state index contributed by atoms with van der Waals surface area (Å²) in [4.78, 5) is 2.47. The summed E-state index contributed by atoms with van der Waals surface area (Å²) in [5.41, 5.74) is 1.24. The Morgan fingerprint density at radius 2 is 2.31 bits per heavy atom. The Labute approximate surface area is 97.8 Å². The molecule has 1 fully saturated rings. The number of furan rings is 1. The van der Waals surface area contributed by atoms with Crippen LogP contribution in [-0.2, 0) is 13.1 Å². The SMILES string of the molecule is CCN(Cc1cc(CNC)co1)CC1CC1. The van der Waals surface area contributed by atoms with Crippen molar-refractivity contribution in [3.63, 3.8) is 0 Å². The van der Waals surface area contributed by atoms with Gasteiger partial charge in [-0.2, -0.15) is 0 Å². The summed E-state index contributed by atoms with van der Waals surface area (Å²) < 4.78 is 5.57. The molecule has 0 spiro atoms. The maximum Gasteiger partial charge on any atom is 0.118 e. The normalized spacial score (nSPS) is 15.9. The molecule has 3 heteroatoms. The van der Waals surface area contributed by atoms with Gasteiger partial charge in [-0.05, 0) is 38.4 Å². The molecule has 1 saturated carbocycles. The van der Waals surface area contributed by atoms with Crippen molar-refractivity contribution in [2.75, 3.05) is 20.1 Å². The zero-order valence-electron chi connectivity index (χ0n) is 10.3. The third kappa shape index (κ3) is 3.35. The predicted octanol–water partition coefficient (Wildman–Crippen LogP) is 2.23. The van der Waals surface area contributed by atoms with E-state index >= 15 is 0 Å². The molecule has 1 aromatic heterocycles. The van der Waals surface area contributed by atoms with E-state index < -0.39 is 0 Å². The monoisotopic (exact) mass is 222 g/mol. The Kier molecular flexibility index (Phi) is 4.02. The van der Waals surface area contributed by atoms with Crippen LogP contribution in [0.15, 0.2) is 16.7 Å². The van der Waals surface area contributed by atoms with Crippen LogP contribution in [0.4, 0.5) is 0 Å². The number of nitrogens with one attached hydrogen (secondary N) is 1. The largest absolute Gasteiger partial charge is 0.468 e. The van der Waals surface area contributed by atoms with Gasteiger partial charge in [-0.15, -0.1) is 0 Å². The number of rotatable bonds is 7. The summed E-state index contributed by atoms with van der Waals surface area (Å²) in [6, 6.07) is 2.16. The van der Waals surface area contributed by atoms with Crippen LogP contribution >= 0.6 is 0 Å².